The Morgan fingerprint density at radius 3 is 2.61 bits per heavy atom. The van der Waals surface area contributed by atoms with Crippen molar-refractivity contribution >= 4 is 16.7 Å². The Morgan fingerprint density at radius 1 is 1.06 bits per heavy atom. The zero-order chi connectivity index (χ0) is 22.5. The van der Waals surface area contributed by atoms with E-state index in [2.05, 4.69) is 39.1 Å². The van der Waals surface area contributed by atoms with Crippen LogP contribution < -0.4 is 9.64 Å². The number of benzene rings is 1. The van der Waals surface area contributed by atoms with Gasteiger partial charge in [-0.05, 0) is 49.4 Å². The van der Waals surface area contributed by atoms with Crippen LogP contribution in [0.1, 0.15) is 25.7 Å². The van der Waals surface area contributed by atoms with Gasteiger partial charge in [-0.3, -0.25) is 0 Å². The lowest BCUT2D eigenvalue weighted by atomic mass is 9.96. The van der Waals surface area contributed by atoms with E-state index in [-0.39, 0.29) is 12.0 Å². The number of nitriles is 1. The van der Waals surface area contributed by atoms with Gasteiger partial charge >= 0.3 is 0 Å². The lowest BCUT2D eigenvalue weighted by Crippen LogP contribution is -2.33. The first-order chi connectivity index (χ1) is 16.3. The SMILES string of the molecule is N#CC1CCN(c2c(-c3ccc(OCCOC4CCOCC4)cc3)cnc3[nH]ccc23)CC1. The van der Waals surface area contributed by atoms with Crippen molar-refractivity contribution in [3.8, 4) is 22.9 Å². The van der Waals surface area contributed by atoms with Gasteiger partial charge in [0, 0.05) is 55.6 Å². The number of ether oxygens (including phenoxy) is 3. The molecule has 2 fully saturated rings. The fraction of sp³-hybridized carbons (Fsp3) is 0.462. The molecule has 0 aliphatic carbocycles. The topological polar surface area (TPSA) is 83.4 Å². The van der Waals surface area contributed by atoms with E-state index in [0.717, 1.165) is 79.9 Å². The van der Waals surface area contributed by atoms with Crippen molar-refractivity contribution in [3.63, 3.8) is 0 Å². The number of nitrogens with one attached hydrogen (secondary N) is 1. The van der Waals surface area contributed by atoms with E-state index in [1.165, 1.54) is 5.69 Å². The number of nitrogens with zero attached hydrogens (tertiary/aromatic N) is 3. The zero-order valence-corrected chi connectivity index (χ0v) is 18.8. The summed E-state index contributed by atoms with van der Waals surface area (Å²) in [6.45, 7) is 4.45. The van der Waals surface area contributed by atoms with E-state index in [4.69, 9.17) is 14.2 Å². The fourth-order valence-electron chi connectivity index (χ4n) is 4.73. The molecule has 0 spiro atoms. The fourth-order valence-corrected chi connectivity index (χ4v) is 4.73. The van der Waals surface area contributed by atoms with E-state index in [0.29, 0.717) is 13.2 Å². The van der Waals surface area contributed by atoms with Crippen molar-refractivity contribution in [2.45, 2.75) is 31.8 Å². The van der Waals surface area contributed by atoms with Crippen molar-refractivity contribution in [3.05, 3.63) is 42.7 Å². The molecule has 2 aliphatic heterocycles. The number of hydrogen-bond acceptors (Lipinski definition) is 6. The van der Waals surface area contributed by atoms with Gasteiger partial charge in [-0.2, -0.15) is 5.26 Å². The second-order valence-corrected chi connectivity index (χ2v) is 8.71. The highest BCUT2D eigenvalue weighted by Gasteiger charge is 2.23. The summed E-state index contributed by atoms with van der Waals surface area (Å²) in [5.41, 5.74) is 4.29. The number of aromatic nitrogens is 2. The van der Waals surface area contributed by atoms with Crippen LogP contribution in [0.4, 0.5) is 5.69 Å². The molecule has 1 N–H and O–H groups in total. The maximum atomic E-state index is 9.28. The van der Waals surface area contributed by atoms with Gasteiger partial charge in [-0.25, -0.2) is 4.98 Å². The highest BCUT2D eigenvalue weighted by atomic mass is 16.5. The maximum Gasteiger partial charge on any atom is 0.139 e. The van der Waals surface area contributed by atoms with Crippen LogP contribution in [0, 0.1) is 17.2 Å². The second kappa shape index (κ2) is 10.2. The molecule has 1 aromatic carbocycles. The molecule has 2 aliphatic rings. The van der Waals surface area contributed by atoms with Gasteiger partial charge in [-0.15, -0.1) is 0 Å². The Balaban J connectivity index is 1.28. The van der Waals surface area contributed by atoms with Gasteiger partial charge < -0.3 is 24.1 Å². The molecular weight excluding hydrogens is 416 g/mol. The molecular formula is C26H30N4O3. The number of aromatic amines is 1. The number of fused-ring (bicyclic) bond motifs is 1. The minimum Gasteiger partial charge on any atom is -0.491 e. The molecule has 2 aromatic heterocycles. The number of piperidine rings is 1. The Kier molecular flexibility index (Phi) is 6.75. The third kappa shape index (κ3) is 4.97. The van der Waals surface area contributed by atoms with Crippen LogP contribution >= 0.6 is 0 Å². The van der Waals surface area contributed by atoms with Gasteiger partial charge in [0.15, 0.2) is 0 Å². The maximum absolute atomic E-state index is 9.28. The quantitative estimate of drug-likeness (QED) is 0.537. The Labute approximate surface area is 194 Å². The molecule has 7 heteroatoms. The normalized spacial score (nSPS) is 17.8. The van der Waals surface area contributed by atoms with Crippen molar-refractivity contribution in [2.75, 3.05) is 44.4 Å². The van der Waals surface area contributed by atoms with E-state index < -0.39 is 0 Å². The largest absolute Gasteiger partial charge is 0.491 e. The molecule has 0 amide bonds. The smallest absolute Gasteiger partial charge is 0.139 e. The minimum absolute atomic E-state index is 0.153. The Bertz CT molecular complexity index is 1090. The average Bonchev–Trinajstić information content (AvgIpc) is 3.36. The predicted octanol–water partition coefficient (Wildman–Crippen LogP) is 4.54. The summed E-state index contributed by atoms with van der Waals surface area (Å²) in [6, 6.07) is 12.7. The van der Waals surface area contributed by atoms with E-state index in [1.807, 2.05) is 24.5 Å². The summed E-state index contributed by atoms with van der Waals surface area (Å²) in [5, 5.41) is 10.4. The lowest BCUT2D eigenvalue weighted by Gasteiger charge is -2.33. The molecule has 0 radical (unpaired) electrons. The molecule has 7 nitrogen and oxygen atoms in total. The van der Waals surface area contributed by atoms with Crippen LogP contribution in [0.25, 0.3) is 22.2 Å². The van der Waals surface area contributed by atoms with Gasteiger partial charge in [-0.1, -0.05) is 12.1 Å². The van der Waals surface area contributed by atoms with Crippen molar-refractivity contribution in [1.82, 2.24) is 9.97 Å². The first kappa shape index (κ1) is 21.7. The van der Waals surface area contributed by atoms with E-state index in [9.17, 15) is 5.26 Å². The molecule has 0 saturated carbocycles. The van der Waals surface area contributed by atoms with Crippen LogP contribution in [-0.2, 0) is 9.47 Å². The second-order valence-electron chi connectivity index (χ2n) is 8.71. The Morgan fingerprint density at radius 2 is 1.85 bits per heavy atom. The molecule has 4 heterocycles. The molecule has 5 rings (SSSR count). The monoisotopic (exact) mass is 446 g/mol. The van der Waals surface area contributed by atoms with Crippen molar-refractivity contribution < 1.29 is 14.2 Å². The predicted molar refractivity (Wildman–Crippen MR) is 127 cm³/mol. The van der Waals surface area contributed by atoms with Crippen molar-refractivity contribution in [1.29, 1.82) is 5.26 Å². The zero-order valence-electron chi connectivity index (χ0n) is 18.8. The highest BCUT2D eigenvalue weighted by molar-refractivity contribution is 5.98. The summed E-state index contributed by atoms with van der Waals surface area (Å²) >= 11 is 0. The van der Waals surface area contributed by atoms with Crippen LogP contribution in [0.2, 0.25) is 0 Å². The van der Waals surface area contributed by atoms with Crippen LogP contribution in [0.15, 0.2) is 42.7 Å². The number of anilines is 1. The summed E-state index contributed by atoms with van der Waals surface area (Å²) < 4.78 is 17.2. The highest BCUT2D eigenvalue weighted by Crippen LogP contribution is 2.38. The third-order valence-corrected chi connectivity index (χ3v) is 6.59. The summed E-state index contributed by atoms with van der Waals surface area (Å²) in [7, 11) is 0. The summed E-state index contributed by atoms with van der Waals surface area (Å²) in [6.07, 6.45) is 7.89. The molecule has 3 aromatic rings. The molecule has 0 bridgehead atoms. The molecule has 172 valence electrons. The minimum atomic E-state index is 0.153. The van der Waals surface area contributed by atoms with E-state index in [1.54, 1.807) is 0 Å². The molecule has 0 atom stereocenters. The van der Waals surface area contributed by atoms with E-state index >= 15 is 0 Å². The standard InChI is InChI=1S/C26H30N4O3/c27-17-19-6-11-30(12-7-19)25-23-5-10-28-26(23)29-18-24(25)20-1-3-21(4-2-20)32-15-16-33-22-8-13-31-14-9-22/h1-5,10,18-19,22H,6-9,11-16H2,(H,28,29). The first-order valence-corrected chi connectivity index (χ1v) is 11.8. The lowest BCUT2D eigenvalue weighted by molar-refractivity contribution is -0.0388. The van der Waals surface area contributed by atoms with Gasteiger partial charge in [0.25, 0.3) is 0 Å². The molecule has 33 heavy (non-hydrogen) atoms. The number of rotatable bonds is 7. The van der Waals surface area contributed by atoms with Gasteiger partial charge in [0.1, 0.15) is 18.0 Å². The first-order valence-electron chi connectivity index (χ1n) is 11.8. The Hall–Kier alpha value is -3.08. The average molecular weight is 447 g/mol. The van der Waals surface area contributed by atoms with Crippen LogP contribution in [0.3, 0.4) is 0 Å². The number of H-pyrrole nitrogens is 1. The number of pyridine rings is 1. The van der Waals surface area contributed by atoms with Crippen LogP contribution in [0.5, 0.6) is 5.75 Å². The van der Waals surface area contributed by atoms with Gasteiger partial charge in [0.05, 0.1) is 24.5 Å². The van der Waals surface area contributed by atoms with Crippen molar-refractivity contribution in [2.24, 2.45) is 5.92 Å². The third-order valence-electron chi connectivity index (χ3n) is 6.59. The summed E-state index contributed by atoms with van der Waals surface area (Å²) in [4.78, 5) is 10.3. The number of hydrogen-bond donors (Lipinski definition) is 1. The molecule has 2 saturated heterocycles. The van der Waals surface area contributed by atoms with Gasteiger partial charge in [0.2, 0.25) is 0 Å². The summed E-state index contributed by atoms with van der Waals surface area (Å²) in [5.74, 6) is 0.988. The van der Waals surface area contributed by atoms with Crippen LogP contribution in [-0.4, -0.2) is 55.6 Å². The molecule has 0 unspecified atom stereocenters.